The van der Waals surface area contributed by atoms with E-state index in [9.17, 15) is 32.3 Å². The van der Waals surface area contributed by atoms with Gasteiger partial charge < -0.3 is 4.74 Å². The summed E-state index contributed by atoms with van der Waals surface area (Å²) in [6.45, 7) is 5.83. The molecule has 4 aromatic rings. The van der Waals surface area contributed by atoms with Crippen LogP contribution in [0.15, 0.2) is 91.0 Å². The number of hydrogen-bond acceptors (Lipinski definition) is 5. The van der Waals surface area contributed by atoms with Crippen LogP contribution in [0.25, 0.3) is 11.1 Å². The third-order valence-electron chi connectivity index (χ3n) is 10.6. The Kier molecular flexibility index (Phi) is 12.9. The van der Waals surface area contributed by atoms with Crippen molar-refractivity contribution in [1.29, 1.82) is 0 Å². The topological polar surface area (TPSA) is 77.5 Å². The maximum Gasteiger partial charge on any atom is 0.416 e. The maximum absolute atomic E-state index is 13.9. The average Bonchev–Trinajstić information content (AvgIpc) is 3.55. The van der Waals surface area contributed by atoms with Gasteiger partial charge >= 0.3 is 12.1 Å². The van der Waals surface area contributed by atoms with Crippen molar-refractivity contribution in [3.63, 3.8) is 0 Å². The molecule has 8 heteroatoms. The Morgan fingerprint density at radius 1 is 0.849 bits per heavy atom. The Morgan fingerprint density at radius 2 is 1.57 bits per heavy atom. The number of ether oxygens (including phenoxy) is 1. The first kappa shape index (κ1) is 39.4. The lowest BCUT2D eigenvalue weighted by atomic mass is 9.77. The number of esters is 1. The van der Waals surface area contributed by atoms with E-state index in [1.165, 1.54) is 12.1 Å². The molecule has 0 aliphatic heterocycles. The van der Waals surface area contributed by atoms with Crippen molar-refractivity contribution >= 4 is 23.3 Å². The normalized spacial score (nSPS) is 15.8. The SMILES string of the molecule is CCCC(CC)C(=O)c1cc(CC(=O)OCC2(C(=O)CC)CCc3ccccc32)ccc1CCCC(=O)c1ccccc1-c1ccc(C(F)(F)F)cc1. The van der Waals surface area contributed by atoms with E-state index in [-0.39, 0.29) is 42.7 Å². The second kappa shape index (κ2) is 17.3. The summed E-state index contributed by atoms with van der Waals surface area (Å²) in [5, 5.41) is 0. The molecule has 5 nitrogen and oxygen atoms in total. The quantitative estimate of drug-likeness (QED) is 0.0800. The molecule has 0 amide bonds. The zero-order chi connectivity index (χ0) is 38.2. The summed E-state index contributed by atoms with van der Waals surface area (Å²) in [5.74, 6) is -0.735. The van der Waals surface area contributed by atoms with Crippen molar-refractivity contribution in [2.75, 3.05) is 6.61 Å². The van der Waals surface area contributed by atoms with Crippen molar-refractivity contribution in [3.8, 4) is 11.1 Å². The predicted octanol–water partition coefficient (Wildman–Crippen LogP) is 10.5. The molecule has 0 spiro atoms. The lowest BCUT2D eigenvalue weighted by Gasteiger charge is -2.28. The highest BCUT2D eigenvalue weighted by Crippen LogP contribution is 2.41. The molecule has 0 fully saturated rings. The third-order valence-corrected chi connectivity index (χ3v) is 10.6. The number of fused-ring (bicyclic) bond motifs is 1. The smallest absolute Gasteiger partial charge is 0.416 e. The Hall–Kier alpha value is -4.85. The molecule has 5 rings (SSSR count). The molecule has 0 aromatic heterocycles. The number of carbonyl (C=O) groups excluding carboxylic acids is 4. The van der Waals surface area contributed by atoms with Gasteiger partial charge in [-0.3, -0.25) is 19.2 Å². The standard InChI is InChI=1S/C45H47F3O5/c1-4-12-31(5-2)43(52)38-27-30(28-42(51)53-29-44(41(50)6-3)26-25-34-13-7-10-17-39(34)44)19-20-32(38)14-11-18-40(49)37-16-9-8-15-36(37)33-21-23-35(24-22-33)45(46,47)48/h7-10,13,15-17,19-24,27,31H,4-6,11-12,14,18,25-26,28-29H2,1-3H3. The van der Waals surface area contributed by atoms with Gasteiger partial charge in [0.1, 0.15) is 12.4 Å². The largest absolute Gasteiger partial charge is 0.464 e. The van der Waals surface area contributed by atoms with E-state index >= 15 is 0 Å². The summed E-state index contributed by atoms with van der Waals surface area (Å²) in [7, 11) is 0. The molecule has 4 aromatic carbocycles. The first-order valence-electron chi connectivity index (χ1n) is 18.6. The minimum Gasteiger partial charge on any atom is -0.464 e. The number of Topliss-reactive ketones (excluding diaryl/α,β-unsaturated/α-hetero) is 3. The number of hydrogen-bond donors (Lipinski definition) is 0. The number of aryl methyl sites for hydroxylation is 2. The van der Waals surface area contributed by atoms with E-state index in [1.807, 2.05) is 57.2 Å². The minimum absolute atomic E-state index is 0.00796. The van der Waals surface area contributed by atoms with Gasteiger partial charge in [-0.2, -0.15) is 13.2 Å². The first-order valence-corrected chi connectivity index (χ1v) is 18.6. The van der Waals surface area contributed by atoms with Crippen molar-refractivity contribution in [2.45, 2.75) is 96.6 Å². The van der Waals surface area contributed by atoms with Crippen molar-refractivity contribution in [2.24, 2.45) is 5.92 Å². The fourth-order valence-electron chi connectivity index (χ4n) is 7.63. The summed E-state index contributed by atoms with van der Waals surface area (Å²) < 4.78 is 45.2. The van der Waals surface area contributed by atoms with Crippen molar-refractivity contribution in [1.82, 2.24) is 0 Å². The lowest BCUT2D eigenvalue weighted by Crippen LogP contribution is -2.39. The molecule has 0 bridgehead atoms. The highest BCUT2D eigenvalue weighted by atomic mass is 19.4. The number of rotatable bonds is 17. The third kappa shape index (κ3) is 9.03. The van der Waals surface area contributed by atoms with Crippen LogP contribution in [0.3, 0.4) is 0 Å². The van der Waals surface area contributed by atoms with Crippen LogP contribution in [-0.2, 0) is 45.2 Å². The minimum atomic E-state index is -4.45. The number of alkyl halides is 3. The lowest BCUT2D eigenvalue weighted by molar-refractivity contribution is -0.146. The Labute approximate surface area is 310 Å². The Balaban J connectivity index is 1.30. The van der Waals surface area contributed by atoms with Gasteiger partial charge in [0.05, 0.1) is 17.4 Å². The summed E-state index contributed by atoms with van der Waals surface area (Å²) in [5.41, 5.74) is 3.90. The van der Waals surface area contributed by atoms with Crippen LogP contribution in [0.5, 0.6) is 0 Å². The van der Waals surface area contributed by atoms with E-state index in [0.717, 1.165) is 48.1 Å². The maximum atomic E-state index is 13.9. The highest BCUT2D eigenvalue weighted by Gasteiger charge is 2.45. The zero-order valence-corrected chi connectivity index (χ0v) is 30.7. The number of carbonyl (C=O) groups is 4. The van der Waals surface area contributed by atoms with E-state index in [1.54, 1.807) is 30.3 Å². The van der Waals surface area contributed by atoms with Gasteiger partial charge in [0.2, 0.25) is 0 Å². The second-order valence-electron chi connectivity index (χ2n) is 14.0. The molecule has 1 aliphatic rings. The molecule has 0 heterocycles. The van der Waals surface area contributed by atoms with E-state index < -0.39 is 23.1 Å². The highest BCUT2D eigenvalue weighted by molar-refractivity contribution is 6.02. The molecule has 0 radical (unpaired) electrons. The summed E-state index contributed by atoms with van der Waals surface area (Å²) in [6.07, 6.45) is 0.498. The Bertz CT molecular complexity index is 1940. The zero-order valence-electron chi connectivity index (χ0n) is 30.7. The van der Waals surface area contributed by atoms with Gasteiger partial charge in [0.25, 0.3) is 0 Å². The van der Waals surface area contributed by atoms with Crippen LogP contribution in [0.4, 0.5) is 13.2 Å². The van der Waals surface area contributed by atoms with E-state index in [4.69, 9.17) is 4.74 Å². The molecule has 0 saturated carbocycles. The molecule has 0 saturated heterocycles. The molecule has 2 atom stereocenters. The van der Waals surface area contributed by atoms with Crippen LogP contribution in [-0.4, -0.2) is 29.9 Å². The van der Waals surface area contributed by atoms with Gasteiger partial charge in [-0.1, -0.05) is 100.0 Å². The molecule has 2 unspecified atom stereocenters. The molecule has 278 valence electrons. The molecule has 53 heavy (non-hydrogen) atoms. The van der Waals surface area contributed by atoms with Gasteiger partial charge in [0, 0.05) is 29.9 Å². The van der Waals surface area contributed by atoms with Crippen molar-refractivity contribution in [3.05, 3.63) is 130 Å². The monoisotopic (exact) mass is 724 g/mol. The molecule has 1 aliphatic carbocycles. The van der Waals surface area contributed by atoms with Gasteiger partial charge in [0.15, 0.2) is 11.6 Å². The van der Waals surface area contributed by atoms with Crippen molar-refractivity contribution < 1.29 is 37.1 Å². The summed E-state index contributed by atoms with van der Waals surface area (Å²) in [4.78, 5) is 53.9. The average molecular weight is 725 g/mol. The van der Waals surface area contributed by atoms with Gasteiger partial charge in [-0.15, -0.1) is 0 Å². The van der Waals surface area contributed by atoms with Crippen LogP contribution >= 0.6 is 0 Å². The number of ketones is 3. The fourth-order valence-corrected chi connectivity index (χ4v) is 7.63. The number of benzene rings is 4. The van der Waals surface area contributed by atoms with Crippen LogP contribution in [0, 0.1) is 5.92 Å². The first-order chi connectivity index (χ1) is 25.4. The second-order valence-corrected chi connectivity index (χ2v) is 14.0. The van der Waals surface area contributed by atoms with Crippen LogP contribution in [0.1, 0.15) is 114 Å². The molecular formula is C45H47F3O5. The van der Waals surface area contributed by atoms with Gasteiger partial charge in [-0.05, 0) is 90.1 Å². The summed E-state index contributed by atoms with van der Waals surface area (Å²) in [6, 6.07) is 24.9. The fraction of sp³-hybridized carbons (Fsp3) is 0.378. The van der Waals surface area contributed by atoms with E-state index in [2.05, 4.69) is 0 Å². The van der Waals surface area contributed by atoms with E-state index in [0.29, 0.717) is 59.9 Å². The molecular weight excluding hydrogens is 677 g/mol. The Morgan fingerprint density at radius 3 is 2.26 bits per heavy atom. The van der Waals surface area contributed by atoms with Crippen LogP contribution < -0.4 is 0 Å². The predicted molar refractivity (Wildman–Crippen MR) is 200 cm³/mol. The summed E-state index contributed by atoms with van der Waals surface area (Å²) >= 11 is 0. The van der Waals surface area contributed by atoms with Crippen LogP contribution in [0.2, 0.25) is 0 Å². The van der Waals surface area contributed by atoms with Gasteiger partial charge in [-0.25, -0.2) is 0 Å². The molecule has 0 N–H and O–H groups in total. The number of halogens is 3.